The summed E-state index contributed by atoms with van der Waals surface area (Å²) in [7, 11) is -15.6. The Hall–Kier alpha value is -1.41. The number of allylic oxidation sites excluding steroid dienone is 2. The zero-order valence-electron chi connectivity index (χ0n) is 27.1. The van der Waals surface area contributed by atoms with Crippen molar-refractivity contribution in [3.63, 3.8) is 0 Å². The van der Waals surface area contributed by atoms with Gasteiger partial charge in [0, 0.05) is 5.92 Å². The van der Waals surface area contributed by atoms with E-state index in [4.69, 9.17) is 12.8 Å². The number of hydrogen-bond acceptors (Lipinski definition) is 11. The molecule has 0 amide bonds. The van der Waals surface area contributed by atoms with Crippen molar-refractivity contribution in [3.05, 3.63) is 35.8 Å². The van der Waals surface area contributed by atoms with Gasteiger partial charge in [-0.25, -0.2) is 12.5 Å². The Kier molecular flexibility index (Phi) is 9.74. The van der Waals surface area contributed by atoms with Crippen LogP contribution in [0.4, 0.5) is 0 Å². The summed E-state index contributed by atoms with van der Waals surface area (Å²) < 4.78 is 120. The van der Waals surface area contributed by atoms with E-state index in [0.29, 0.717) is 24.2 Å². The summed E-state index contributed by atoms with van der Waals surface area (Å²) >= 11 is 0. The molecule has 4 aliphatic carbocycles. The lowest BCUT2D eigenvalue weighted by Gasteiger charge is -2.63. The Morgan fingerprint density at radius 3 is 2.11 bits per heavy atom. The van der Waals surface area contributed by atoms with Crippen LogP contribution in [0.15, 0.2) is 34.7 Å². The van der Waals surface area contributed by atoms with Gasteiger partial charge in [0.05, 0.1) is 24.7 Å². The predicted octanol–water partition coefficient (Wildman–Crippen LogP) is 4.52. The summed E-state index contributed by atoms with van der Waals surface area (Å²) in [6.45, 7) is 10.5. The van der Waals surface area contributed by atoms with Crippen LogP contribution in [-0.2, 0) is 43.7 Å². The van der Waals surface area contributed by atoms with Gasteiger partial charge in [-0.2, -0.15) is 25.3 Å². The molecule has 0 spiro atoms. The van der Waals surface area contributed by atoms with Crippen molar-refractivity contribution in [3.8, 4) is 0 Å². The molecule has 1 aromatic heterocycles. The highest BCUT2D eigenvalue weighted by atomic mass is 32.3. The van der Waals surface area contributed by atoms with Gasteiger partial charge in [0.25, 0.3) is 0 Å². The molecule has 0 saturated heterocycles. The average Bonchev–Trinajstić information content (AvgIpc) is 3.54. The fraction of sp³-hybridized carbons (Fsp3) is 0.800. The SMILES string of the molecule is CC(CCC(C)C1CCC2(C)C3CC(OS(=O)(=O)O)C4C(O)C(OS(=O)(=O)O)C(OS(=O)(=O)O)CC4(C)C3=CCC12C)c1ccoc1. The fourth-order valence-corrected chi connectivity index (χ4v) is 11.7. The van der Waals surface area contributed by atoms with Gasteiger partial charge in [-0.15, -0.1) is 0 Å². The van der Waals surface area contributed by atoms with Crippen molar-refractivity contribution in [2.24, 2.45) is 39.9 Å². The maximum absolute atomic E-state index is 12.2. The van der Waals surface area contributed by atoms with Gasteiger partial charge < -0.3 is 9.52 Å². The second-order valence-corrected chi connectivity index (χ2v) is 18.0. The van der Waals surface area contributed by atoms with E-state index in [1.807, 2.05) is 6.07 Å². The highest BCUT2D eigenvalue weighted by Gasteiger charge is 2.68. The van der Waals surface area contributed by atoms with Crippen LogP contribution in [0.2, 0.25) is 0 Å². The Morgan fingerprint density at radius 2 is 1.53 bits per heavy atom. The molecule has 268 valence electrons. The molecule has 0 radical (unpaired) electrons. The summed E-state index contributed by atoms with van der Waals surface area (Å²) in [6, 6.07) is 1.98. The van der Waals surface area contributed by atoms with Crippen molar-refractivity contribution < 1.29 is 61.0 Å². The highest BCUT2D eigenvalue weighted by Crippen LogP contribution is 2.72. The molecule has 5 rings (SSSR count). The number of rotatable bonds is 11. The molecule has 14 nitrogen and oxygen atoms in total. The molecule has 3 fully saturated rings. The first-order valence-electron chi connectivity index (χ1n) is 15.9. The van der Waals surface area contributed by atoms with Crippen LogP contribution < -0.4 is 0 Å². The van der Waals surface area contributed by atoms with Crippen molar-refractivity contribution in [1.82, 2.24) is 0 Å². The third kappa shape index (κ3) is 6.99. The summed E-state index contributed by atoms with van der Waals surface area (Å²) in [5, 5.41) is 11.6. The number of hydrogen-bond donors (Lipinski definition) is 4. The first kappa shape index (κ1) is 36.9. The van der Waals surface area contributed by atoms with Crippen LogP contribution in [0.5, 0.6) is 0 Å². The van der Waals surface area contributed by atoms with Crippen LogP contribution in [-0.4, -0.2) is 68.4 Å². The monoisotopic (exact) mass is 726 g/mol. The fourth-order valence-electron chi connectivity index (χ4n) is 10.2. The molecule has 0 aromatic carbocycles. The Labute approximate surface area is 277 Å². The Bertz CT molecular complexity index is 1670. The molecule has 4 N–H and O–H groups in total. The lowest BCUT2D eigenvalue weighted by molar-refractivity contribution is -0.179. The molecule has 0 aliphatic heterocycles. The maximum Gasteiger partial charge on any atom is 0.397 e. The van der Waals surface area contributed by atoms with Crippen LogP contribution in [0.25, 0.3) is 0 Å². The van der Waals surface area contributed by atoms with E-state index in [0.717, 1.165) is 36.8 Å². The molecule has 4 aliphatic rings. The van der Waals surface area contributed by atoms with E-state index >= 15 is 0 Å². The molecule has 17 heteroatoms. The molecular formula is C30H46O14S3. The van der Waals surface area contributed by atoms with Crippen molar-refractivity contribution in [2.75, 3.05) is 0 Å². The molecule has 12 atom stereocenters. The van der Waals surface area contributed by atoms with Crippen LogP contribution in [0.1, 0.15) is 91.0 Å². The molecule has 0 bridgehead atoms. The van der Waals surface area contributed by atoms with Crippen molar-refractivity contribution >= 4 is 31.2 Å². The standard InChI is InChI=1S/C30H46O14S3/c1-17(19-10-13-41-16-19)6-7-18(2)20-8-11-30(5)22-14-23(42-45(32,33)34)25-26(31)27(44-47(38,39)40)24(43-46(35,36)37)15-28(25,3)21(22)9-12-29(20,30)4/h9-10,13,16-18,20,22-27,31H,6-8,11-12,14-15H2,1-5H3,(H,32,33,34)(H,35,36,37)(H,38,39,40). The van der Waals surface area contributed by atoms with E-state index < -0.39 is 72.4 Å². The molecule has 1 heterocycles. The average molecular weight is 727 g/mol. The molecule has 1 aromatic rings. The Balaban J connectivity index is 1.53. The van der Waals surface area contributed by atoms with Gasteiger partial charge in [-0.05, 0) is 96.5 Å². The van der Waals surface area contributed by atoms with Gasteiger partial charge in [-0.1, -0.05) is 46.3 Å². The predicted molar refractivity (Wildman–Crippen MR) is 167 cm³/mol. The lowest BCUT2D eigenvalue weighted by atomic mass is 9.43. The van der Waals surface area contributed by atoms with E-state index in [1.54, 1.807) is 19.5 Å². The zero-order chi connectivity index (χ0) is 35.0. The van der Waals surface area contributed by atoms with E-state index in [2.05, 4.69) is 38.0 Å². The second-order valence-electron chi connectivity index (χ2n) is 14.9. The topological polar surface area (TPSA) is 224 Å². The van der Waals surface area contributed by atoms with Crippen molar-refractivity contribution in [2.45, 2.75) is 110 Å². The number of aliphatic hydroxyl groups excluding tert-OH is 1. The third-order valence-electron chi connectivity index (χ3n) is 12.5. The maximum atomic E-state index is 12.2. The van der Waals surface area contributed by atoms with Gasteiger partial charge in [0.2, 0.25) is 0 Å². The van der Waals surface area contributed by atoms with Gasteiger partial charge in [0.15, 0.2) is 0 Å². The molecule has 12 unspecified atom stereocenters. The molecule has 3 saturated carbocycles. The Morgan fingerprint density at radius 1 is 0.915 bits per heavy atom. The van der Waals surface area contributed by atoms with Crippen LogP contribution in [0.3, 0.4) is 0 Å². The smallest absolute Gasteiger partial charge is 0.397 e. The zero-order valence-corrected chi connectivity index (χ0v) is 29.5. The van der Waals surface area contributed by atoms with Crippen LogP contribution >= 0.6 is 0 Å². The van der Waals surface area contributed by atoms with Crippen molar-refractivity contribution in [1.29, 1.82) is 0 Å². The van der Waals surface area contributed by atoms with Gasteiger partial charge in [0.1, 0.15) is 12.2 Å². The lowest BCUT2D eigenvalue weighted by Crippen LogP contribution is -2.65. The largest absolute Gasteiger partial charge is 0.472 e. The minimum absolute atomic E-state index is 0.0378. The van der Waals surface area contributed by atoms with Crippen LogP contribution in [0, 0.1) is 39.9 Å². The van der Waals surface area contributed by atoms with Gasteiger partial charge in [-0.3, -0.25) is 13.7 Å². The van der Waals surface area contributed by atoms with E-state index in [9.17, 15) is 44.0 Å². The minimum Gasteiger partial charge on any atom is -0.472 e. The number of furan rings is 1. The second kappa shape index (κ2) is 12.4. The summed E-state index contributed by atoms with van der Waals surface area (Å²) in [4.78, 5) is 0. The minimum atomic E-state index is -5.29. The normalized spacial score (nSPS) is 40.5. The summed E-state index contributed by atoms with van der Waals surface area (Å²) in [5.74, 6) is -0.603. The first-order valence-corrected chi connectivity index (χ1v) is 20.0. The quantitative estimate of drug-likeness (QED) is 0.182. The van der Waals surface area contributed by atoms with E-state index in [1.165, 1.54) is 0 Å². The van der Waals surface area contributed by atoms with Gasteiger partial charge >= 0.3 is 31.2 Å². The summed E-state index contributed by atoms with van der Waals surface area (Å²) in [5.41, 5.74) is 0.0233. The number of fused-ring (bicyclic) bond motifs is 5. The van der Waals surface area contributed by atoms with E-state index in [-0.39, 0.29) is 24.2 Å². The third-order valence-corrected chi connectivity index (χ3v) is 14.0. The summed E-state index contributed by atoms with van der Waals surface area (Å²) in [6.07, 6.45) is 2.22. The number of aliphatic hydroxyl groups is 1. The molecular weight excluding hydrogens is 681 g/mol. The molecule has 47 heavy (non-hydrogen) atoms. The highest BCUT2D eigenvalue weighted by molar-refractivity contribution is 7.81. The first-order chi connectivity index (χ1) is 21.5.